The molecule has 0 saturated heterocycles. The molecule has 1 aromatic heterocycles. The molecule has 4 rings (SSSR count). The highest BCUT2D eigenvalue weighted by molar-refractivity contribution is 7.99. The molecule has 0 aliphatic carbocycles. The lowest BCUT2D eigenvalue weighted by atomic mass is 10.1. The summed E-state index contributed by atoms with van der Waals surface area (Å²) in [5, 5.41) is 0.325. The van der Waals surface area contributed by atoms with Crippen LogP contribution in [0.2, 0.25) is 0 Å². The highest BCUT2D eigenvalue weighted by Gasteiger charge is 2.33. The number of para-hydroxylation sites is 1. The minimum atomic E-state index is -4.52. The second kappa shape index (κ2) is 5.77. The van der Waals surface area contributed by atoms with Gasteiger partial charge in [-0.1, -0.05) is 24.8 Å². The van der Waals surface area contributed by atoms with Gasteiger partial charge in [0.2, 0.25) is 0 Å². The van der Waals surface area contributed by atoms with Gasteiger partial charge in [0.1, 0.15) is 0 Å². The molecule has 8 heteroatoms. The summed E-state index contributed by atoms with van der Waals surface area (Å²) in [4.78, 5) is 26.9. The van der Waals surface area contributed by atoms with Crippen LogP contribution in [0.25, 0.3) is 16.6 Å². The van der Waals surface area contributed by atoms with Crippen LogP contribution in [-0.4, -0.2) is 9.13 Å². The molecule has 4 nitrogen and oxygen atoms in total. The van der Waals surface area contributed by atoms with Gasteiger partial charge in [0.05, 0.1) is 22.2 Å². The summed E-state index contributed by atoms with van der Waals surface area (Å²) in [5.41, 5.74) is -1.33. The zero-order valence-corrected chi connectivity index (χ0v) is 14.4. The molecule has 2 heterocycles. The van der Waals surface area contributed by atoms with E-state index in [0.717, 1.165) is 16.7 Å². The lowest BCUT2D eigenvalue weighted by Crippen LogP contribution is -2.40. The zero-order chi connectivity index (χ0) is 18.6. The van der Waals surface area contributed by atoms with E-state index in [4.69, 9.17) is 0 Å². The van der Waals surface area contributed by atoms with E-state index in [1.807, 2.05) is 6.92 Å². The Morgan fingerprint density at radius 3 is 2.54 bits per heavy atom. The molecule has 3 aromatic rings. The topological polar surface area (TPSA) is 44.0 Å². The summed E-state index contributed by atoms with van der Waals surface area (Å²) in [7, 11) is 0. The summed E-state index contributed by atoms with van der Waals surface area (Å²) >= 11 is 1.26. The van der Waals surface area contributed by atoms with Crippen LogP contribution in [-0.2, 0) is 12.7 Å². The minimum Gasteiger partial charge on any atom is -0.268 e. The van der Waals surface area contributed by atoms with Crippen LogP contribution in [0.5, 0.6) is 0 Å². The van der Waals surface area contributed by atoms with Crippen molar-refractivity contribution in [3.63, 3.8) is 0 Å². The maximum Gasteiger partial charge on any atom is 0.416 e. The Labute approximate surface area is 149 Å². The number of hydrogen-bond donors (Lipinski definition) is 0. The van der Waals surface area contributed by atoms with Gasteiger partial charge in [0.25, 0.3) is 5.56 Å². The molecule has 0 spiro atoms. The molecule has 0 unspecified atom stereocenters. The fourth-order valence-electron chi connectivity index (χ4n) is 3.17. The molecule has 0 atom stereocenters. The van der Waals surface area contributed by atoms with Gasteiger partial charge in [-0.05, 0) is 36.8 Å². The number of rotatable bonds is 2. The largest absolute Gasteiger partial charge is 0.416 e. The Morgan fingerprint density at radius 1 is 1.08 bits per heavy atom. The van der Waals surface area contributed by atoms with Crippen molar-refractivity contribution >= 4 is 22.7 Å². The Balaban J connectivity index is 2.17. The van der Waals surface area contributed by atoms with Crippen molar-refractivity contribution in [1.82, 2.24) is 9.13 Å². The summed E-state index contributed by atoms with van der Waals surface area (Å²) < 4.78 is 41.8. The van der Waals surface area contributed by atoms with Crippen LogP contribution in [0.4, 0.5) is 13.2 Å². The Hall–Kier alpha value is -2.48. The van der Waals surface area contributed by atoms with Gasteiger partial charge < -0.3 is 0 Å². The molecule has 0 fully saturated rings. The third kappa shape index (κ3) is 2.39. The molecule has 0 N–H and O–H groups in total. The maximum absolute atomic E-state index is 13.2. The summed E-state index contributed by atoms with van der Waals surface area (Å²) in [6.45, 7) is 2.04. The van der Waals surface area contributed by atoms with E-state index in [1.165, 1.54) is 22.4 Å². The van der Waals surface area contributed by atoms with Crippen LogP contribution in [0.1, 0.15) is 18.9 Å². The third-order valence-electron chi connectivity index (χ3n) is 4.31. The van der Waals surface area contributed by atoms with Crippen molar-refractivity contribution in [2.24, 2.45) is 0 Å². The first kappa shape index (κ1) is 17.0. The smallest absolute Gasteiger partial charge is 0.268 e. The van der Waals surface area contributed by atoms with Crippen molar-refractivity contribution in [3.8, 4) is 5.69 Å². The SMILES string of the molecule is CCCn1c(=O)c2cccc3c2n(c1=O)-c1cc(C(F)(F)F)ccc1S3. The fourth-order valence-corrected chi connectivity index (χ4v) is 4.25. The van der Waals surface area contributed by atoms with Crippen LogP contribution >= 0.6 is 11.8 Å². The molecule has 1 aliphatic heterocycles. The van der Waals surface area contributed by atoms with Gasteiger partial charge in [0, 0.05) is 16.3 Å². The van der Waals surface area contributed by atoms with E-state index >= 15 is 0 Å². The average Bonchev–Trinajstić information content (AvgIpc) is 2.60. The molecule has 0 radical (unpaired) electrons. The number of hydrogen-bond acceptors (Lipinski definition) is 3. The van der Waals surface area contributed by atoms with E-state index < -0.39 is 23.0 Å². The van der Waals surface area contributed by atoms with E-state index in [0.29, 0.717) is 27.1 Å². The average molecular weight is 378 g/mol. The maximum atomic E-state index is 13.2. The van der Waals surface area contributed by atoms with Crippen molar-refractivity contribution in [3.05, 3.63) is 62.8 Å². The van der Waals surface area contributed by atoms with Gasteiger partial charge in [-0.2, -0.15) is 13.2 Å². The molecule has 0 bridgehead atoms. The zero-order valence-electron chi connectivity index (χ0n) is 13.6. The lowest BCUT2D eigenvalue weighted by Gasteiger charge is -2.23. The quantitative estimate of drug-likeness (QED) is 0.529. The number of aromatic nitrogens is 2. The monoisotopic (exact) mass is 378 g/mol. The van der Waals surface area contributed by atoms with Gasteiger partial charge in [-0.15, -0.1) is 0 Å². The third-order valence-corrected chi connectivity index (χ3v) is 5.43. The Morgan fingerprint density at radius 2 is 1.85 bits per heavy atom. The van der Waals surface area contributed by atoms with Gasteiger partial charge >= 0.3 is 11.9 Å². The fraction of sp³-hybridized carbons (Fsp3) is 0.222. The molecule has 26 heavy (non-hydrogen) atoms. The van der Waals surface area contributed by atoms with Crippen molar-refractivity contribution in [2.75, 3.05) is 0 Å². The highest BCUT2D eigenvalue weighted by Crippen LogP contribution is 2.42. The first-order valence-corrected chi connectivity index (χ1v) is 8.82. The minimum absolute atomic E-state index is 0.156. The molecule has 0 saturated carbocycles. The van der Waals surface area contributed by atoms with Crippen LogP contribution in [0.15, 0.2) is 55.8 Å². The van der Waals surface area contributed by atoms with E-state index in [1.54, 1.807) is 18.2 Å². The van der Waals surface area contributed by atoms with Crippen molar-refractivity contribution in [2.45, 2.75) is 35.9 Å². The van der Waals surface area contributed by atoms with Gasteiger partial charge in [-0.25, -0.2) is 4.79 Å². The Kier molecular flexibility index (Phi) is 3.76. The summed E-state index contributed by atoms with van der Waals surface area (Å²) in [6.07, 6.45) is -3.96. The number of nitrogens with zero attached hydrogens (tertiary/aromatic N) is 2. The second-order valence-electron chi connectivity index (χ2n) is 6.01. The van der Waals surface area contributed by atoms with Crippen molar-refractivity contribution < 1.29 is 13.2 Å². The number of alkyl halides is 3. The van der Waals surface area contributed by atoms with E-state index in [-0.39, 0.29) is 12.2 Å². The first-order valence-electron chi connectivity index (χ1n) is 8.01. The van der Waals surface area contributed by atoms with E-state index in [9.17, 15) is 22.8 Å². The summed E-state index contributed by atoms with van der Waals surface area (Å²) in [6, 6.07) is 8.41. The predicted molar refractivity (Wildman–Crippen MR) is 93.2 cm³/mol. The molecule has 0 amide bonds. The van der Waals surface area contributed by atoms with Crippen LogP contribution < -0.4 is 11.2 Å². The van der Waals surface area contributed by atoms with Crippen LogP contribution in [0.3, 0.4) is 0 Å². The molecule has 1 aliphatic rings. The van der Waals surface area contributed by atoms with Gasteiger partial charge in [-0.3, -0.25) is 13.9 Å². The van der Waals surface area contributed by atoms with E-state index in [2.05, 4.69) is 0 Å². The van der Waals surface area contributed by atoms with Gasteiger partial charge in [0.15, 0.2) is 0 Å². The standard InChI is InChI=1S/C18H13F3N2O2S/c1-2-8-22-16(24)11-4-3-5-14-15(11)23(17(22)25)12-9-10(18(19,20)21)6-7-13(12)26-14/h3-7,9H,2,8H2,1H3. The highest BCUT2D eigenvalue weighted by atomic mass is 32.2. The lowest BCUT2D eigenvalue weighted by molar-refractivity contribution is -0.137. The van der Waals surface area contributed by atoms with Crippen molar-refractivity contribution in [1.29, 1.82) is 0 Å². The first-order chi connectivity index (χ1) is 12.3. The number of halogens is 3. The molecular formula is C18H13F3N2O2S. The summed E-state index contributed by atoms with van der Waals surface area (Å²) in [5.74, 6) is 0. The molecular weight excluding hydrogens is 365 g/mol. The normalized spacial score (nSPS) is 13.1. The number of fused-ring (bicyclic) bond motifs is 2. The van der Waals surface area contributed by atoms with Crippen LogP contribution in [0, 0.1) is 0 Å². The molecule has 2 aromatic carbocycles. The molecule has 134 valence electrons. The predicted octanol–water partition coefficient (Wildman–Crippen LogP) is 4.05. The Bertz CT molecular complexity index is 1160. The number of benzene rings is 2. The second-order valence-corrected chi connectivity index (χ2v) is 7.09.